The van der Waals surface area contributed by atoms with Crippen molar-refractivity contribution in [1.82, 2.24) is 0 Å². The first kappa shape index (κ1) is 24.8. The quantitative estimate of drug-likeness (QED) is 0.249. The van der Waals surface area contributed by atoms with Gasteiger partial charge in [-0.05, 0) is 26.2 Å². The van der Waals surface area contributed by atoms with Crippen LogP contribution in [0.25, 0.3) is 0 Å². The summed E-state index contributed by atoms with van der Waals surface area (Å²) in [5.41, 5.74) is 0. The third-order valence-corrected chi connectivity index (χ3v) is 3.99. The van der Waals surface area contributed by atoms with E-state index in [2.05, 4.69) is 6.92 Å². The molecule has 0 aliphatic carbocycles. The summed E-state index contributed by atoms with van der Waals surface area (Å²) < 4.78 is 5.08. The van der Waals surface area contributed by atoms with Crippen LogP contribution in [0.1, 0.15) is 90.9 Å². The Kier molecular flexibility index (Phi) is 22.2. The van der Waals surface area contributed by atoms with Gasteiger partial charge in [0.05, 0.1) is 12.5 Å². The molecule has 0 aromatic rings. The molecule has 0 amide bonds. The zero-order valence-corrected chi connectivity index (χ0v) is 15.4. The average Bonchev–Trinajstić information content (AvgIpc) is 2.57. The fourth-order valence-corrected chi connectivity index (χ4v) is 2.60. The van der Waals surface area contributed by atoms with Crippen LogP contribution < -0.4 is 0 Å². The molecule has 0 saturated carbocycles. The molecule has 1 unspecified atom stereocenters. The average molecular weight is 342 g/mol. The summed E-state index contributed by atoms with van der Waals surface area (Å²) in [5, 5.41) is 0. The second-order valence-electron chi connectivity index (χ2n) is 5.87. The van der Waals surface area contributed by atoms with Crippen LogP contribution >= 0.6 is 0 Å². The minimum Gasteiger partial charge on any atom is -0.466 e. The van der Waals surface area contributed by atoms with E-state index in [-0.39, 0.29) is 18.0 Å². The van der Waals surface area contributed by atoms with E-state index in [9.17, 15) is 9.59 Å². The van der Waals surface area contributed by atoms with Crippen molar-refractivity contribution in [2.24, 2.45) is 5.92 Å². The minimum atomic E-state index is -0.0182. The van der Waals surface area contributed by atoms with E-state index < -0.39 is 0 Å². The number of ether oxygens (including phenoxy) is 1. The smallest absolute Gasteiger partial charge is 0.373 e. The maximum Gasteiger partial charge on any atom is 0.373 e. The molecule has 140 valence electrons. The maximum absolute atomic E-state index is 11.6. The van der Waals surface area contributed by atoms with Crippen LogP contribution in [-0.2, 0) is 23.9 Å². The molecule has 24 heavy (non-hydrogen) atoms. The molecular weight excluding hydrogens is 308 g/mol. The van der Waals surface area contributed by atoms with Crippen molar-refractivity contribution < 1.29 is 23.9 Å². The van der Waals surface area contributed by atoms with Gasteiger partial charge in [-0.1, -0.05) is 58.3 Å². The Balaban J connectivity index is 0. The highest BCUT2D eigenvalue weighted by molar-refractivity contribution is 5.72. The molecule has 0 N–H and O–H groups in total. The highest BCUT2D eigenvalue weighted by Crippen LogP contribution is 2.17. The van der Waals surface area contributed by atoms with Crippen molar-refractivity contribution in [2.45, 2.75) is 90.9 Å². The standard InChI is InChI=1S/C18H34O3.CO2/c1-3-17(18(20)21-4-2)15-13-11-9-7-5-6-8-10-12-14-16-19;2-1-3/h16-17H,3-15H2,1-2H3;. The van der Waals surface area contributed by atoms with Crippen LogP contribution in [0.15, 0.2) is 0 Å². The number of aldehydes is 1. The minimum absolute atomic E-state index is 0.0182. The van der Waals surface area contributed by atoms with Gasteiger partial charge in [-0.25, -0.2) is 0 Å². The van der Waals surface area contributed by atoms with Crippen molar-refractivity contribution in [3.05, 3.63) is 0 Å². The monoisotopic (exact) mass is 342 g/mol. The van der Waals surface area contributed by atoms with Crippen molar-refractivity contribution in [2.75, 3.05) is 6.61 Å². The Morgan fingerprint density at radius 1 is 0.917 bits per heavy atom. The van der Waals surface area contributed by atoms with Crippen molar-refractivity contribution in [3.63, 3.8) is 0 Å². The van der Waals surface area contributed by atoms with Crippen LogP contribution in [0.5, 0.6) is 0 Å². The number of esters is 1. The lowest BCUT2D eigenvalue weighted by molar-refractivity contribution is -0.191. The van der Waals surface area contributed by atoms with Crippen LogP contribution in [0, 0.1) is 5.92 Å². The number of unbranched alkanes of at least 4 members (excludes halogenated alkanes) is 9. The molecule has 5 nitrogen and oxygen atoms in total. The molecule has 0 radical (unpaired) electrons. The predicted octanol–water partition coefficient (Wildman–Crippen LogP) is 4.48. The van der Waals surface area contributed by atoms with Gasteiger partial charge in [0, 0.05) is 6.42 Å². The van der Waals surface area contributed by atoms with E-state index in [1.54, 1.807) is 0 Å². The summed E-state index contributed by atoms with van der Waals surface area (Å²) in [5.74, 6) is 0.0816. The highest BCUT2D eigenvalue weighted by Gasteiger charge is 2.16. The summed E-state index contributed by atoms with van der Waals surface area (Å²) in [4.78, 5) is 38.1. The van der Waals surface area contributed by atoms with Crippen molar-refractivity contribution in [1.29, 1.82) is 0 Å². The number of carbonyl (C=O) groups is 2. The van der Waals surface area contributed by atoms with Crippen LogP contribution in [0.4, 0.5) is 0 Å². The van der Waals surface area contributed by atoms with E-state index in [0.717, 1.165) is 38.4 Å². The zero-order chi connectivity index (χ0) is 18.5. The van der Waals surface area contributed by atoms with Gasteiger partial charge >= 0.3 is 12.1 Å². The number of rotatable bonds is 15. The van der Waals surface area contributed by atoms with Gasteiger partial charge in [0.1, 0.15) is 6.29 Å². The lowest BCUT2D eigenvalue weighted by Gasteiger charge is -2.13. The molecule has 0 aliphatic heterocycles. The summed E-state index contributed by atoms with van der Waals surface area (Å²) in [6.45, 7) is 4.41. The second-order valence-corrected chi connectivity index (χ2v) is 5.87. The fraction of sp³-hybridized carbons (Fsp3) is 0.842. The van der Waals surface area contributed by atoms with Gasteiger partial charge in [0.25, 0.3) is 0 Å². The first-order valence-corrected chi connectivity index (χ1v) is 9.27. The normalized spacial score (nSPS) is 10.9. The molecular formula is C19H34O5. The molecule has 1 atom stereocenters. The SMILES string of the molecule is CCOC(=O)C(CC)CCCCCCCCCCCC=O.O=C=O. The summed E-state index contributed by atoms with van der Waals surface area (Å²) in [6.07, 6.45) is 14.9. The summed E-state index contributed by atoms with van der Waals surface area (Å²) in [6, 6.07) is 0. The summed E-state index contributed by atoms with van der Waals surface area (Å²) in [7, 11) is 0. The van der Waals surface area contributed by atoms with E-state index in [0.29, 0.717) is 6.61 Å². The van der Waals surface area contributed by atoms with Crippen LogP contribution in [0.2, 0.25) is 0 Å². The molecule has 0 bridgehead atoms. The molecule has 0 rings (SSSR count). The van der Waals surface area contributed by atoms with Gasteiger partial charge in [-0.3, -0.25) is 4.79 Å². The molecule has 0 spiro atoms. The Labute approximate surface area is 146 Å². The Hall–Kier alpha value is -1.48. The molecule has 0 heterocycles. The lowest BCUT2D eigenvalue weighted by atomic mass is 9.98. The third kappa shape index (κ3) is 18.6. The lowest BCUT2D eigenvalue weighted by Crippen LogP contribution is -2.16. The van der Waals surface area contributed by atoms with Gasteiger partial charge in [0.15, 0.2) is 0 Å². The molecule has 0 fully saturated rings. The van der Waals surface area contributed by atoms with E-state index in [1.165, 1.54) is 44.9 Å². The van der Waals surface area contributed by atoms with Crippen molar-refractivity contribution in [3.8, 4) is 0 Å². The predicted molar refractivity (Wildman–Crippen MR) is 92.3 cm³/mol. The molecule has 0 saturated heterocycles. The maximum atomic E-state index is 11.6. The van der Waals surface area contributed by atoms with E-state index >= 15 is 0 Å². The molecule has 0 aliphatic rings. The van der Waals surface area contributed by atoms with Gasteiger partial charge in [0.2, 0.25) is 0 Å². The molecule has 0 aromatic carbocycles. The second kappa shape index (κ2) is 21.5. The first-order valence-electron chi connectivity index (χ1n) is 9.27. The van der Waals surface area contributed by atoms with Crippen molar-refractivity contribution >= 4 is 18.4 Å². The number of hydrogen-bond acceptors (Lipinski definition) is 5. The molecule has 5 heteroatoms. The van der Waals surface area contributed by atoms with E-state index in [4.69, 9.17) is 14.3 Å². The van der Waals surface area contributed by atoms with Gasteiger partial charge < -0.3 is 9.53 Å². The van der Waals surface area contributed by atoms with Crippen LogP contribution in [0.3, 0.4) is 0 Å². The Morgan fingerprint density at radius 3 is 1.79 bits per heavy atom. The summed E-state index contributed by atoms with van der Waals surface area (Å²) >= 11 is 0. The van der Waals surface area contributed by atoms with Gasteiger partial charge in [-0.2, -0.15) is 9.59 Å². The highest BCUT2D eigenvalue weighted by atomic mass is 16.5. The number of hydrogen-bond donors (Lipinski definition) is 0. The largest absolute Gasteiger partial charge is 0.466 e. The number of carbonyl (C=O) groups excluding carboxylic acids is 4. The Bertz CT molecular complexity index is 322. The van der Waals surface area contributed by atoms with E-state index in [1.807, 2.05) is 6.92 Å². The topological polar surface area (TPSA) is 77.5 Å². The Morgan fingerprint density at radius 2 is 1.38 bits per heavy atom. The van der Waals surface area contributed by atoms with Gasteiger partial charge in [-0.15, -0.1) is 0 Å². The molecule has 0 aromatic heterocycles. The van der Waals surface area contributed by atoms with Crippen LogP contribution in [-0.4, -0.2) is 25.0 Å². The first-order chi connectivity index (χ1) is 11.7. The zero-order valence-electron chi connectivity index (χ0n) is 15.4. The fourth-order valence-electron chi connectivity index (χ4n) is 2.60. The third-order valence-electron chi connectivity index (χ3n) is 3.99.